The highest BCUT2D eigenvalue weighted by Crippen LogP contribution is 2.12. The predicted molar refractivity (Wildman–Crippen MR) is 80.8 cm³/mol. The van der Waals surface area contributed by atoms with Crippen molar-refractivity contribution in [3.8, 4) is 0 Å². The second-order valence-electron chi connectivity index (χ2n) is 6.32. The van der Waals surface area contributed by atoms with E-state index in [1.54, 1.807) is 32.9 Å². The van der Waals surface area contributed by atoms with Gasteiger partial charge in [-0.2, -0.15) is 0 Å². The maximum Gasteiger partial charge on any atom is 0.313 e. The standard InChI is InChI=1S/C17H23FO4/c1-17(2,3)22-16(21)11-15(20)10-14(19)9-6-12-4-7-13(18)8-5-12/h4-5,7-8,14,19H,6,9-11H2,1-3H3. The van der Waals surface area contributed by atoms with E-state index in [4.69, 9.17) is 4.74 Å². The molecule has 4 nitrogen and oxygen atoms in total. The summed E-state index contributed by atoms with van der Waals surface area (Å²) in [6.45, 7) is 5.19. The van der Waals surface area contributed by atoms with Gasteiger partial charge < -0.3 is 9.84 Å². The number of hydrogen-bond donors (Lipinski definition) is 1. The number of aryl methyl sites for hydroxylation is 1. The Labute approximate surface area is 130 Å². The van der Waals surface area contributed by atoms with E-state index in [1.165, 1.54) is 12.1 Å². The first-order chi connectivity index (χ1) is 10.2. The van der Waals surface area contributed by atoms with Crippen LogP contribution in [0.2, 0.25) is 0 Å². The number of Topliss-reactive ketones (excluding diaryl/α,β-unsaturated/α-hetero) is 1. The van der Waals surface area contributed by atoms with Crippen molar-refractivity contribution in [2.45, 2.75) is 58.2 Å². The highest BCUT2D eigenvalue weighted by molar-refractivity contribution is 5.95. The van der Waals surface area contributed by atoms with Gasteiger partial charge >= 0.3 is 5.97 Å². The Morgan fingerprint density at radius 1 is 1.23 bits per heavy atom. The molecule has 0 aliphatic carbocycles. The molecule has 22 heavy (non-hydrogen) atoms. The quantitative estimate of drug-likeness (QED) is 0.621. The van der Waals surface area contributed by atoms with Crippen LogP contribution in [0, 0.1) is 5.82 Å². The molecule has 0 spiro atoms. The van der Waals surface area contributed by atoms with Gasteiger partial charge in [-0.05, 0) is 51.3 Å². The van der Waals surface area contributed by atoms with Crippen LogP contribution in [-0.4, -0.2) is 28.6 Å². The van der Waals surface area contributed by atoms with E-state index >= 15 is 0 Å². The Morgan fingerprint density at radius 3 is 2.36 bits per heavy atom. The minimum atomic E-state index is -0.819. The van der Waals surface area contributed by atoms with Crippen LogP contribution in [0.15, 0.2) is 24.3 Å². The first-order valence-corrected chi connectivity index (χ1v) is 7.32. The van der Waals surface area contributed by atoms with Gasteiger partial charge in [0.25, 0.3) is 0 Å². The number of carbonyl (C=O) groups excluding carboxylic acids is 2. The molecule has 1 aromatic rings. The number of aliphatic hydroxyl groups excluding tert-OH is 1. The lowest BCUT2D eigenvalue weighted by Crippen LogP contribution is -2.26. The van der Waals surface area contributed by atoms with Gasteiger partial charge in [-0.3, -0.25) is 9.59 Å². The van der Waals surface area contributed by atoms with E-state index in [0.29, 0.717) is 12.8 Å². The van der Waals surface area contributed by atoms with Crippen LogP contribution < -0.4 is 0 Å². The first kappa shape index (κ1) is 18.3. The lowest BCUT2D eigenvalue weighted by molar-refractivity contribution is -0.156. The molecule has 0 fully saturated rings. The highest BCUT2D eigenvalue weighted by Gasteiger charge is 2.20. The summed E-state index contributed by atoms with van der Waals surface area (Å²) in [7, 11) is 0. The number of ether oxygens (including phenoxy) is 1. The first-order valence-electron chi connectivity index (χ1n) is 7.32. The van der Waals surface area contributed by atoms with Crippen LogP contribution in [0.5, 0.6) is 0 Å². The van der Waals surface area contributed by atoms with E-state index in [9.17, 15) is 19.1 Å². The van der Waals surface area contributed by atoms with Crippen molar-refractivity contribution in [1.29, 1.82) is 0 Å². The Morgan fingerprint density at radius 2 is 1.82 bits per heavy atom. The van der Waals surface area contributed by atoms with E-state index in [-0.39, 0.29) is 24.4 Å². The zero-order valence-electron chi connectivity index (χ0n) is 13.3. The lowest BCUT2D eigenvalue weighted by atomic mass is 10.0. The Balaban J connectivity index is 2.32. The maximum atomic E-state index is 12.8. The van der Waals surface area contributed by atoms with Crippen LogP contribution in [0.3, 0.4) is 0 Å². The van der Waals surface area contributed by atoms with Crippen LogP contribution in [0.1, 0.15) is 45.6 Å². The van der Waals surface area contributed by atoms with Gasteiger partial charge in [0.15, 0.2) is 0 Å². The number of hydrogen-bond acceptors (Lipinski definition) is 4. The van der Waals surface area contributed by atoms with Crippen molar-refractivity contribution < 1.29 is 23.8 Å². The fourth-order valence-corrected chi connectivity index (χ4v) is 1.96. The normalized spacial score (nSPS) is 12.8. The third-order valence-corrected chi connectivity index (χ3v) is 2.90. The molecule has 0 saturated heterocycles. The molecule has 0 aliphatic rings. The van der Waals surface area contributed by atoms with Crippen molar-refractivity contribution in [3.63, 3.8) is 0 Å². The topological polar surface area (TPSA) is 63.6 Å². The Kier molecular flexibility index (Phi) is 6.68. The Bertz CT molecular complexity index is 502. The summed E-state index contributed by atoms with van der Waals surface area (Å²) in [5.41, 5.74) is 0.263. The second kappa shape index (κ2) is 8.03. The predicted octanol–water partition coefficient (Wildman–Crippen LogP) is 2.81. The molecule has 0 aromatic heterocycles. The molecule has 0 amide bonds. The van der Waals surface area contributed by atoms with Crippen LogP contribution in [0.25, 0.3) is 0 Å². The van der Waals surface area contributed by atoms with E-state index in [0.717, 1.165) is 5.56 Å². The number of aliphatic hydroxyl groups is 1. The van der Waals surface area contributed by atoms with Crippen LogP contribution in [0.4, 0.5) is 4.39 Å². The number of carbonyl (C=O) groups is 2. The minimum Gasteiger partial charge on any atom is -0.460 e. The lowest BCUT2D eigenvalue weighted by Gasteiger charge is -2.19. The zero-order chi connectivity index (χ0) is 16.8. The van der Waals surface area contributed by atoms with Crippen molar-refractivity contribution in [3.05, 3.63) is 35.6 Å². The molecule has 1 unspecified atom stereocenters. The van der Waals surface area contributed by atoms with Crippen molar-refractivity contribution >= 4 is 11.8 Å². The molecular weight excluding hydrogens is 287 g/mol. The number of ketones is 1. The zero-order valence-corrected chi connectivity index (χ0v) is 13.3. The third-order valence-electron chi connectivity index (χ3n) is 2.90. The fourth-order valence-electron chi connectivity index (χ4n) is 1.96. The smallest absolute Gasteiger partial charge is 0.313 e. The monoisotopic (exact) mass is 310 g/mol. The third kappa shape index (κ3) is 7.88. The van der Waals surface area contributed by atoms with Gasteiger partial charge in [0.1, 0.15) is 23.6 Å². The molecule has 1 atom stereocenters. The molecule has 122 valence electrons. The van der Waals surface area contributed by atoms with Gasteiger partial charge in [-0.25, -0.2) is 4.39 Å². The van der Waals surface area contributed by atoms with Crippen LogP contribution in [-0.2, 0) is 20.7 Å². The SMILES string of the molecule is CC(C)(C)OC(=O)CC(=O)CC(O)CCc1ccc(F)cc1. The molecule has 0 bridgehead atoms. The molecular formula is C17H23FO4. The van der Waals surface area contributed by atoms with E-state index in [2.05, 4.69) is 0 Å². The summed E-state index contributed by atoms with van der Waals surface area (Å²) in [4.78, 5) is 23.2. The molecule has 1 aromatic carbocycles. The largest absolute Gasteiger partial charge is 0.460 e. The molecule has 1 N–H and O–H groups in total. The highest BCUT2D eigenvalue weighted by atomic mass is 19.1. The molecule has 5 heteroatoms. The van der Waals surface area contributed by atoms with Crippen molar-refractivity contribution in [1.82, 2.24) is 0 Å². The van der Waals surface area contributed by atoms with Crippen molar-refractivity contribution in [2.24, 2.45) is 0 Å². The summed E-state index contributed by atoms with van der Waals surface area (Å²) in [5, 5.41) is 9.83. The average molecular weight is 310 g/mol. The van der Waals surface area contributed by atoms with Gasteiger partial charge in [0, 0.05) is 6.42 Å². The van der Waals surface area contributed by atoms with Gasteiger partial charge in [0.05, 0.1) is 6.10 Å². The average Bonchev–Trinajstić information content (AvgIpc) is 2.35. The number of benzene rings is 1. The second-order valence-corrected chi connectivity index (χ2v) is 6.32. The van der Waals surface area contributed by atoms with Crippen molar-refractivity contribution in [2.75, 3.05) is 0 Å². The van der Waals surface area contributed by atoms with Gasteiger partial charge in [-0.15, -0.1) is 0 Å². The molecule has 0 aliphatic heterocycles. The summed E-state index contributed by atoms with van der Waals surface area (Å²) in [6, 6.07) is 6.00. The van der Waals surface area contributed by atoms with Crippen LogP contribution >= 0.6 is 0 Å². The number of rotatable bonds is 7. The molecule has 0 radical (unpaired) electrons. The van der Waals surface area contributed by atoms with E-state index in [1.807, 2.05) is 0 Å². The molecule has 0 saturated carbocycles. The maximum absolute atomic E-state index is 12.8. The molecule has 0 heterocycles. The Hall–Kier alpha value is -1.75. The van der Waals surface area contributed by atoms with Gasteiger partial charge in [0.2, 0.25) is 0 Å². The number of halogens is 1. The summed E-state index contributed by atoms with van der Waals surface area (Å²) < 4.78 is 17.8. The minimum absolute atomic E-state index is 0.0829. The number of esters is 1. The van der Waals surface area contributed by atoms with E-state index < -0.39 is 17.7 Å². The summed E-state index contributed by atoms with van der Waals surface area (Å²) in [6.07, 6.45) is -0.307. The summed E-state index contributed by atoms with van der Waals surface area (Å²) >= 11 is 0. The van der Waals surface area contributed by atoms with Gasteiger partial charge in [-0.1, -0.05) is 12.1 Å². The molecule has 1 rings (SSSR count). The fraction of sp³-hybridized carbons (Fsp3) is 0.529. The summed E-state index contributed by atoms with van der Waals surface area (Å²) in [5.74, 6) is -1.24.